The van der Waals surface area contributed by atoms with Crippen LogP contribution >= 0.6 is 31.3 Å². The highest BCUT2D eigenvalue weighted by Gasteiger charge is 2.62. The van der Waals surface area contributed by atoms with Crippen molar-refractivity contribution >= 4 is 49.2 Å². The lowest BCUT2D eigenvalue weighted by Crippen LogP contribution is -2.67. The summed E-state index contributed by atoms with van der Waals surface area (Å²) in [5, 5.41) is 0. The van der Waals surface area contributed by atoms with Crippen LogP contribution in [0, 0.1) is 0 Å². The van der Waals surface area contributed by atoms with Gasteiger partial charge in [-0.15, -0.1) is 0 Å². The van der Waals surface area contributed by atoms with E-state index in [9.17, 15) is 66.9 Å². The highest BCUT2D eigenvalue weighted by atomic mass is 31.2. The maximum absolute atomic E-state index is 12.8. The van der Waals surface area contributed by atoms with Gasteiger partial charge in [-0.1, -0.05) is 20.8 Å². The third-order valence-corrected chi connectivity index (χ3v) is 7.64. The van der Waals surface area contributed by atoms with E-state index in [0.717, 1.165) is 0 Å². The van der Waals surface area contributed by atoms with Crippen LogP contribution in [0.5, 0.6) is 0 Å². The van der Waals surface area contributed by atoms with Crippen molar-refractivity contribution in [2.45, 2.75) is 89.5 Å². The normalized spacial score (nSPS) is 26.0. The average Bonchev–Trinajstić information content (AvgIpc) is 2.83. The van der Waals surface area contributed by atoms with Crippen LogP contribution in [0.4, 0.5) is 0 Å². The largest absolute Gasteiger partial charge is 0.475 e. The highest BCUT2D eigenvalue weighted by Crippen LogP contribution is 2.54. The van der Waals surface area contributed by atoms with E-state index in [-0.39, 0.29) is 19.3 Å². The molecule has 1 saturated carbocycles. The van der Waals surface area contributed by atoms with Gasteiger partial charge < -0.3 is 48.5 Å². The molecule has 7 atom stereocenters. The first kappa shape index (κ1) is 40.9. The summed E-state index contributed by atoms with van der Waals surface area (Å²) >= 11 is 0. The van der Waals surface area contributed by atoms with Crippen molar-refractivity contribution in [3.05, 3.63) is 0 Å². The van der Waals surface area contributed by atoms with Crippen molar-refractivity contribution in [3.8, 4) is 0 Å². The summed E-state index contributed by atoms with van der Waals surface area (Å²) in [6.07, 6.45) is -16.8. The van der Waals surface area contributed by atoms with Gasteiger partial charge in [-0.2, -0.15) is 0 Å². The second kappa shape index (κ2) is 17.1. The first-order chi connectivity index (χ1) is 20.0. The summed E-state index contributed by atoms with van der Waals surface area (Å²) in [6, 6.07) is 0. The SMILES string of the molecule is CCCC(=O)OC1C(OP(=O)(O)O)C(OP(=O)(O)O)C(OC(=O)CCC)C(OP(=O)(O)OCOC(=O)CC)C1OP(=O)(O)O. The van der Waals surface area contributed by atoms with E-state index in [1.54, 1.807) is 0 Å². The van der Waals surface area contributed by atoms with Crippen LogP contribution in [0.2, 0.25) is 0 Å². The molecule has 26 heteroatoms. The van der Waals surface area contributed by atoms with Gasteiger partial charge >= 0.3 is 49.2 Å². The van der Waals surface area contributed by atoms with E-state index in [4.69, 9.17) is 14.0 Å². The Labute approximate surface area is 249 Å². The van der Waals surface area contributed by atoms with Crippen LogP contribution in [0.3, 0.4) is 0 Å². The van der Waals surface area contributed by atoms with E-state index >= 15 is 0 Å². The summed E-state index contributed by atoms with van der Waals surface area (Å²) in [5.74, 6) is -3.45. The molecule has 0 spiro atoms. The molecule has 7 N–H and O–H groups in total. The van der Waals surface area contributed by atoms with Crippen LogP contribution in [0.1, 0.15) is 52.9 Å². The molecule has 0 amide bonds. The van der Waals surface area contributed by atoms with Gasteiger partial charge in [0.05, 0.1) is 0 Å². The predicted octanol–water partition coefficient (Wildman–Crippen LogP) is 0.270. The van der Waals surface area contributed by atoms with Crippen LogP contribution < -0.4 is 0 Å². The molecule has 0 saturated heterocycles. The van der Waals surface area contributed by atoms with Crippen molar-refractivity contribution < 1.29 is 104 Å². The monoisotopic (exact) mass is 726 g/mol. The number of phosphoric ester groups is 4. The number of rotatable bonds is 18. The van der Waals surface area contributed by atoms with Gasteiger partial charge in [0.15, 0.2) is 12.2 Å². The molecule has 0 radical (unpaired) electrons. The molecule has 1 fully saturated rings. The topological polar surface area (TPSA) is 335 Å². The number of phosphoric acid groups is 4. The molecular formula is C18H34O22P4. The van der Waals surface area contributed by atoms with Gasteiger partial charge in [-0.05, 0) is 12.8 Å². The Morgan fingerprint density at radius 1 is 0.545 bits per heavy atom. The number of hydrogen-bond donors (Lipinski definition) is 7. The third-order valence-electron chi connectivity index (χ3n) is 5.14. The fraction of sp³-hybridized carbons (Fsp3) is 0.833. The lowest BCUT2D eigenvalue weighted by atomic mass is 9.84. The van der Waals surface area contributed by atoms with Gasteiger partial charge in [0, 0.05) is 19.3 Å². The van der Waals surface area contributed by atoms with E-state index in [2.05, 4.69) is 22.8 Å². The van der Waals surface area contributed by atoms with E-state index in [1.165, 1.54) is 20.8 Å². The van der Waals surface area contributed by atoms with Crippen molar-refractivity contribution in [1.29, 1.82) is 0 Å². The summed E-state index contributed by atoms with van der Waals surface area (Å²) < 4.78 is 86.4. The van der Waals surface area contributed by atoms with Crippen molar-refractivity contribution in [2.24, 2.45) is 0 Å². The maximum atomic E-state index is 12.8. The molecule has 22 nitrogen and oxygen atoms in total. The smallest absolute Gasteiger partial charge is 0.457 e. The lowest BCUT2D eigenvalue weighted by molar-refractivity contribution is -0.231. The molecule has 0 aromatic carbocycles. The zero-order valence-corrected chi connectivity index (χ0v) is 26.8. The Kier molecular flexibility index (Phi) is 15.9. The molecule has 1 rings (SSSR count). The van der Waals surface area contributed by atoms with Crippen LogP contribution in [-0.2, 0) is 69.5 Å². The molecule has 44 heavy (non-hydrogen) atoms. The number of carbonyl (C=O) groups is 3. The Morgan fingerprint density at radius 3 is 1.18 bits per heavy atom. The summed E-state index contributed by atoms with van der Waals surface area (Å²) in [6.45, 7) is 3.04. The van der Waals surface area contributed by atoms with Crippen LogP contribution in [0.15, 0.2) is 0 Å². The van der Waals surface area contributed by atoms with Crippen molar-refractivity contribution in [2.75, 3.05) is 6.79 Å². The second-order valence-corrected chi connectivity index (χ2v) is 13.7. The molecular weight excluding hydrogens is 692 g/mol. The minimum Gasteiger partial charge on any atom is -0.457 e. The molecule has 7 unspecified atom stereocenters. The van der Waals surface area contributed by atoms with Gasteiger partial charge in [0.2, 0.25) is 6.79 Å². The second-order valence-electron chi connectivity index (χ2n) is 8.75. The first-order valence-electron chi connectivity index (χ1n) is 12.4. The number of carbonyl (C=O) groups excluding carboxylic acids is 3. The number of ether oxygens (including phenoxy) is 3. The zero-order valence-electron chi connectivity index (χ0n) is 23.2. The quantitative estimate of drug-likeness (QED) is 0.0431. The Balaban J connectivity index is 3.96. The summed E-state index contributed by atoms with van der Waals surface area (Å²) in [5.41, 5.74) is 0. The third kappa shape index (κ3) is 15.0. The molecule has 0 aromatic rings. The molecule has 0 bridgehead atoms. The molecule has 0 heterocycles. The average molecular weight is 726 g/mol. The van der Waals surface area contributed by atoms with Crippen LogP contribution in [0.25, 0.3) is 0 Å². The molecule has 1 aliphatic rings. The first-order valence-corrected chi connectivity index (χ1v) is 18.5. The fourth-order valence-electron chi connectivity index (χ4n) is 3.62. The van der Waals surface area contributed by atoms with E-state index in [0.29, 0.717) is 0 Å². The fourth-order valence-corrected chi connectivity index (χ4v) is 6.09. The van der Waals surface area contributed by atoms with Gasteiger partial charge in [-0.25, -0.2) is 22.8 Å². The Morgan fingerprint density at radius 2 is 0.886 bits per heavy atom. The minimum atomic E-state index is -5.82. The Bertz CT molecular complexity index is 1170. The van der Waals surface area contributed by atoms with E-state index in [1.807, 2.05) is 0 Å². The van der Waals surface area contributed by atoms with E-state index < -0.39 is 105 Å². The van der Waals surface area contributed by atoms with Gasteiger partial charge in [0.1, 0.15) is 24.4 Å². The van der Waals surface area contributed by atoms with Crippen molar-refractivity contribution in [1.82, 2.24) is 0 Å². The van der Waals surface area contributed by atoms with Crippen LogP contribution in [-0.4, -0.2) is 95.6 Å². The highest BCUT2D eigenvalue weighted by molar-refractivity contribution is 7.47. The van der Waals surface area contributed by atoms with Crippen molar-refractivity contribution in [3.63, 3.8) is 0 Å². The van der Waals surface area contributed by atoms with Gasteiger partial charge in [-0.3, -0.25) is 32.5 Å². The summed E-state index contributed by atoms with van der Waals surface area (Å²) in [4.78, 5) is 104. The standard InChI is InChI=1S/C18H34O22P4/c1-4-7-11(20)35-13-15(37-41(22,23)24)16(38-42(25,26)27)14(36-12(21)8-5-2)18(17(13)39-43(28,29)30)40-44(31,32)34-9-33-10(19)6-3/h13-18H,4-9H2,1-3H3,(H,31,32)(H2,22,23,24)(H2,25,26,27)(H2,28,29,30). The Hall–Kier alpha value is -1.15. The maximum Gasteiger partial charge on any atom is 0.475 e. The predicted molar refractivity (Wildman–Crippen MR) is 137 cm³/mol. The molecule has 0 aliphatic heterocycles. The molecule has 0 aromatic heterocycles. The number of esters is 3. The lowest BCUT2D eigenvalue weighted by Gasteiger charge is -2.48. The zero-order chi connectivity index (χ0) is 34.1. The minimum absolute atomic E-state index is 0.0631. The molecule has 258 valence electrons. The van der Waals surface area contributed by atoms with Gasteiger partial charge in [0.25, 0.3) is 0 Å². The number of hydrogen-bond acceptors (Lipinski definition) is 15. The molecule has 1 aliphatic carbocycles. The summed E-state index contributed by atoms with van der Waals surface area (Å²) in [7, 11) is -23.1.